The van der Waals surface area contributed by atoms with Crippen LogP contribution in [-0.4, -0.2) is 36.5 Å². The van der Waals surface area contributed by atoms with Crippen LogP contribution in [0.1, 0.15) is 35.7 Å². The summed E-state index contributed by atoms with van der Waals surface area (Å²) < 4.78 is 0. The smallest absolute Gasteiger partial charge is 0.251 e. The van der Waals surface area contributed by atoms with Gasteiger partial charge in [-0.05, 0) is 44.5 Å². The maximum absolute atomic E-state index is 12.2. The molecule has 0 bridgehead atoms. The van der Waals surface area contributed by atoms with Crippen LogP contribution in [0.15, 0.2) is 24.3 Å². The Morgan fingerprint density at radius 3 is 3.00 bits per heavy atom. The van der Waals surface area contributed by atoms with Gasteiger partial charge in [0, 0.05) is 30.7 Å². The average molecular weight is 261 g/mol. The molecule has 1 aliphatic rings. The summed E-state index contributed by atoms with van der Waals surface area (Å²) in [6.45, 7) is 3.70. The van der Waals surface area contributed by atoms with Crippen molar-refractivity contribution < 1.29 is 4.79 Å². The second-order valence-corrected chi connectivity index (χ2v) is 5.43. The van der Waals surface area contributed by atoms with Crippen LogP contribution in [0.3, 0.4) is 0 Å². The molecule has 104 valence electrons. The van der Waals surface area contributed by atoms with Gasteiger partial charge in [-0.25, -0.2) is 0 Å². The monoisotopic (exact) mass is 261 g/mol. The molecule has 0 aromatic heterocycles. The summed E-state index contributed by atoms with van der Waals surface area (Å²) in [5.74, 6) is 0.0112. The van der Waals surface area contributed by atoms with Crippen molar-refractivity contribution in [3.8, 4) is 0 Å². The number of nitrogens with zero attached hydrogens (tertiary/aromatic N) is 1. The molecule has 1 heterocycles. The summed E-state index contributed by atoms with van der Waals surface area (Å²) in [4.78, 5) is 14.5. The van der Waals surface area contributed by atoms with Crippen molar-refractivity contribution in [3.63, 3.8) is 0 Å². The number of benzene rings is 1. The normalized spacial score (nSPS) is 24.2. The van der Waals surface area contributed by atoms with E-state index in [9.17, 15) is 4.79 Å². The van der Waals surface area contributed by atoms with E-state index in [4.69, 9.17) is 5.73 Å². The fraction of sp³-hybridized carbons (Fsp3) is 0.533. The predicted molar refractivity (Wildman–Crippen MR) is 76.9 cm³/mol. The lowest BCUT2D eigenvalue weighted by Crippen LogP contribution is -2.47. The van der Waals surface area contributed by atoms with Gasteiger partial charge in [-0.15, -0.1) is 0 Å². The Morgan fingerprint density at radius 1 is 1.53 bits per heavy atom. The number of hydrogen-bond donors (Lipinski definition) is 2. The van der Waals surface area contributed by atoms with E-state index < -0.39 is 0 Å². The van der Waals surface area contributed by atoms with Crippen LogP contribution in [-0.2, 0) is 6.54 Å². The lowest BCUT2D eigenvalue weighted by Gasteiger charge is -2.35. The number of rotatable bonds is 3. The molecule has 1 saturated heterocycles. The second kappa shape index (κ2) is 6.17. The van der Waals surface area contributed by atoms with E-state index in [1.165, 1.54) is 0 Å². The third-order valence-electron chi connectivity index (χ3n) is 3.97. The maximum Gasteiger partial charge on any atom is 0.251 e. The van der Waals surface area contributed by atoms with Gasteiger partial charge in [0.1, 0.15) is 0 Å². The largest absolute Gasteiger partial charge is 0.349 e. The highest BCUT2D eigenvalue weighted by atomic mass is 16.1. The molecule has 3 N–H and O–H groups in total. The molecule has 1 aromatic rings. The van der Waals surface area contributed by atoms with Crippen molar-refractivity contribution >= 4 is 5.91 Å². The van der Waals surface area contributed by atoms with Crippen LogP contribution in [0, 0.1) is 0 Å². The van der Waals surface area contributed by atoms with E-state index in [2.05, 4.69) is 24.2 Å². The molecule has 19 heavy (non-hydrogen) atoms. The Labute approximate surface area is 115 Å². The first kappa shape index (κ1) is 14.0. The van der Waals surface area contributed by atoms with Crippen LogP contribution in [0.4, 0.5) is 0 Å². The molecule has 2 atom stereocenters. The minimum Gasteiger partial charge on any atom is -0.349 e. The summed E-state index contributed by atoms with van der Waals surface area (Å²) in [6, 6.07) is 8.33. The summed E-state index contributed by atoms with van der Waals surface area (Å²) in [5, 5.41) is 3.13. The number of hydrogen-bond acceptors (Lipinski definition) is 3. The average Bonchev–Trinajstić information content (AvgIpc) is 2.43. The van der Waals surface area contributed by atoms with E-state index in [-0.39, 0.29) is 11.9 Å². The Kier molecular flexibility index (Phi) is 4.56. The number of carbonyl (C=O) groups excluding carboxylic acids is 1. The van der Waals surface area contributed by atoms with E-state index in [0.717, 1.165) is 24.9 Å². The number of piperidine rings is 1. The Bertz CT molecular complexity index is 447. The maximum atomic E-state index is 12.2. The predicted octanol–water partition coefficient (Wildman–Crippen LogP) is 1.36. The van der Waals surface area contributed by atoms with Gasteiger partial charge in [-0.2, -0.15) is 0 Å². The van der Waals surface area contributed by atoms with Crippen molar-refractivity contribution in [2.45, 2.75) is 38.4 Å². The Balaban J connectivity index is 1.97. The quantitative estimate of drug-likeness (QED) is 0.863. The molecule has 0 spiro atoms. The van der Waals surface area contributed by atoms with E-state index in [1.54, 1.807) is 0 Å². The molecule has 4 heteroatoms. The van der Waals surface area contributed by atoms with Gasteiger partial charge in [0.05, 0.1) is 0 Å². The van der Waals surface area contributed by atoms with E-state index >= 15 is 0 Å². The Hall–Kier alpha value is -1.39. The highest BCUT2D eigenvalue weighted by Crippen LogP contribution is 2.16. The van der Waals surface area contributed by atoms with Gasteiger partial charge < -0.3 is 16.0 Å². The van der Waals surface area contributed by atoms with Gasteiger partial charge in [-0.1, -0.05) is 12.1 Å². The van der Waals surface area contributed by atoms with E-state index in [0.29, 0.717) is 18.2 Å². The van der Waals surface area contributed by atoms with Crippen molar-refractivity contribution in [1.29, 1.82) is 0 Å². The summed E-state index contributed by atoms with van der Waals surface area (Å²) in [5.41, 5.74) is 7.29. The van der Waals surface area contributed by atoms with Gasteiger partial charge in [-0.3, -0.25) is 4.79 Å². The molecule has 1 amide bonds. The van der Waals surface area contributed by atoms with Crippen LogP contribution in [0.5, 0.6) is 0 Å². The lowest BCUT2D eigenvalue weighted by atomic mass is 9.98. The number of carbonyl (C=O) groups is 1. The topological polar surface area (TPSA) is 58.4 Å². The molecule has 1 fully saturated rings. The number of likely N-dealkylation sites (tertiary alicyclic amines) is 1. The van der Waals surface area contributed by atoms with Gasteiger partial charge in [0.15, 0.2) is 0 Å². The van der Waals surface area contributed by atoms with Gasteiger partial charge in [0.2, 0.25) is 0 Å². The first-order valence-corrected chi connectivity index (χ1v) is 6.90. The lowest BCUT2D eigenvalue weighted by molar-refractivity contribution is 0.0896. The van der Waals surface area contributed by atoms with Gasteiger partial charge in [0.25, 0.3) is 5.91 Å². The first-order valence-electron chi connectivity index (χ1n) is 6.90. The SMILES string of the molecule is CC1CC(NC(=O)c2cccc(CN)c2)CCN1C. The molecule has 0 saturated carbocycles. The molecular weight excluding hydrogens is 238 g/mol. The Morgan fingerprint density at radius 2 is 2.32 bits per heavy atom. The van der Waals surface area contributed by atoms with Crippen molar-refractivity contribution in [2.24, 2.45) is 5.73 Å². The van der Waals surface area contributed by atoms with Crippen LogP contribution < -0.4 is 11.1 Å². The summed E-state index contributed by atoms with van der Waals surface area (Å²) >= 11 is 0. The third kappa shape index (κ3) is 3.55. The molecule has 1 aliphatic heterocycles. The van der Waals surface area contributed by atoms with Crippen LogP contribution >= 0.6 is 0 Å². The van der Waals surface area contributed by atoms with E-state index in [1.807, 2.05) is 24.3 Å². The third-order valence-corrected chi connectivity index (χ3v) is 3.97. The molecule has 2 unspecified atom stereocenters. The van der Waals surface area contributed by atoms with Crippen molar-refractivity contribution in [1.82, 2.24) is 10.2 Å². The molecule has 4 nitrogen and oxygen atoms in total. The standard InChI is InChI=1S/C15H23N3O/c1-11-8-14(6-7-18(11)2)17-15(19)13-5-3-4-12(9-13)10-16/h3-5,9,11,14H,6-8,10,16H2,1-2H3,(H,17,19). The zero-order chi connectivity index (χ0) is 13.8. The number of nitrogens with one attached hydrogen (secondary N) is 1. The zero-order valence-electron chi connectivity index (χ0n) is 11.7. The zero-order valence-corrected chi connectivity index (χ0v) is 11.7. The van der Waals surface area contributed by atoms with Crippen LogP contribution in [0.25, 0.3) is 0 Å². The molecular formula is C15H23N3O. The summed E-state index contributed by atoms with van der Waals surface area (Å²) in [6.07, 6.45) is 2.03. The van der Waals surface area contributed by atoms with Crippen molar-refractivity contribution in [2.75, 3.05) is 13.6 Å². The highest BCUT2D eigenvalue weighted by molar-refractivity contribution is 5.94. The highest BCUT2D eigenvalue weighted by Gasteiger charge is 2.24. The van der Waals surface area contributed by atoms with Crippen molar-refractivity contribution in [3.05, 3.63) is 35.4 Å². The molecule has 1 aromatic carbocycles. The number of nitrogens with two attached hydrogens (primary N) is 1. The van der Waals surface area contributed by atoms with Gasteiger partial charge >= 0.3 is 0 Å². The fourth-order valence-corrected chi connectivity index (χ4v) is 2.53. The number of amides is 1. The first-order chi connectivity index (χ1) is 9.10. The molecule has 2 rings (SSSR count). The molecule has 0 aliphatic carbocycles. The van der Waals surface area contributed by atoms with Crippen LogP contribution in [0.2, 0.25) is 0 Å². The fourth-order valence-electron chi connectivity index (χ4n) is 2.53. The second-order valence-electron chi connectivity index (χ2n) is 5.43. The minimum absolute atomic E-state index is 0.0112. The summed E-state index contributed by atoms with van der Waals surface area (Å²) in [7, 11) is 2.13. The minimum atomic E-state index is 0.0112. The molecule has 0 radical (unpaired) electrons.